The van der Waals surface area contributed by atoms with Gasteiger partial charge < -0.3 is 4.98 Å². The molecule has 0 aliphatic heterocycles. The van der Waals surface area contributed by atoms with E-state index in [9.17, 15) is 8.42 Å². The number of anilines is 1. The number of nitrogens with zero attached hydrogens (tertiary/aromatic N) is 2. The van der Waals surface area contributed by atoms with Gasteiger partial charge in [-0.05, 0) is 19.1 Å². The van der Waals surface area contributed by atoms with Crippen LogP contribution in [0.2, 0.25) is 5.15 Å². The van der Waals surface area contributed by atoms with E-state index in [1.54, 1.807) is 13.0 Å². The monoisotopic (exact) mass is 300 g/mol. The van der Waals surface area contributed by atoms with Gasteiger partial charge in [-0.15, -0.1) is 0 Å². The summed E-state index contributed by atoms with van der Waals surface area (Å²) in [5.74, 6) is 0.617. The van der Waals surface area contributed by atoms with Crippen molar-refractivity contribution in [3.8, 4) is 0 Å². The maximum Gasteiger partial charge on any atom is 0.279 e. The molecule has 8 heteroatoms. The van der Waals surface area contributed by atoms with Crippen LogP contribution in [0, 0.1) is 6.92 Å². The molecule has 2 aromatic heterocycles. The molecular weight excluding hydrogens is 288 g/mol. The molecule has 0 aromatic carbocycles. The van der Waals surface area contributed by atoms with E-state index in [0.717, 1.165) is 0 Å². The number of aryl methyl sites for hydroxylation is 2. The van der Waals surface area contributed by atoms with Gasteiger partial charge in [0.15, 0.2) is 5.03 Å². The van der Waals surface area contributed by atoms with Crippen LogP contribution in [-0.2, 0) is 16.4 Å². The van der Waals surface area contributed by atoms with Gasteiger partial charge in [0.1, 0.15) is 11.0 Å². The summed E-state index contributed by atoms with van der Waals surface area (Å²) in [7, 11) is -3.69. The maximum absolute atomic E-state index is 12.1. The van der Waals surface area contributed by atoms with Crippen LogP contribution in [0.5, 0.6) is 0 Å². The second kappa shape index (κ2) is 5.18. The number of nitrogens with one attached hydrogen (secondary N) is 2. The predicted molar refractivity (Wildman–Crippen MR) is 72.8 cm³/mol. The molecule has 0 bridgehead atoms. The summed E-state index contributed by atoms with van der Waals surface area (Å²) in [6, 6.07) is 3.09. The van der Waals surface area contributed by atoms with Crippen molar-refractivity contribution in [1.29, 1.82) is 0 Å². The van der Waals surface area contributed by atoms with Gasteiger partial charge in [-0.2, -0.15) is 8.42 Å². The summed E-state index contributed by atoms with van der Waals surface area (Å²) in [5.41, 5.74) is 0.892. The minimum Gasteiger partial charge on any atom is -0.332 e. The van der Waals surface area contributed by atoms with E-state index in [0.29, 0.717) is 28.8 Å². The van der Waals surface area contributed by atoms with Crippen LogP contribution in [-0.4, -0.2) is 23.4 Å². The minimum absolute atomic E-state index is 0.0266. The lowest BCUT2D eigenvalue weighted by molar-refractivity contribution is 0.598. The molecule has 0 radical (unpaired) electrons. The Labute approximate surface area is 116 Å². The Hall–Kier alpha value is -1.60. The fraction of sp³-hybridized carbons (Fsp3) is 0.273. The zero-order valence-corrected chi connectivity index (χ0v) is 12.0. The second-order valence-corrected chi connectivity index (χ2v) is 5.96. The van der Waals surface area contributed by atoms with Gasteiger partial charge in [0, 0.05) is 6.42 Å². The lowest BCUT2D eigenvalue weighted by Gasteiger charge is -2.08. The number of hydrogen-bond donors (Lipinski definition) is 2. The fourth-order valence-corrected chi connectivity index (χ4v) is 2.75. The van der Waals surface area contributed by atoms with Gasteiger partial charge in [-0.3, -0.25) is 4.72 Å². The van der Waals surface area contributed by atoms with Crippen molar-refractivity contribution in [2.75, 3.05) is 4.72 Å². The van der Waals surface area contributed by atoms with Crippen LogP contribution in [0.15, 0.2) is 23.4 Å². The first-order valence-corrected chi connectivity index (χ1v) is 7.48. The number of imidazole rings is 1. The number of hydrogen-bond acceptors (Lipinski definition) is 4. The topological polar surface area (TPSA) is 87.7 Å². The number of H-pyrrole nitrogens is 1. The fourth-order valence-electron chi connectivity index (χ4n) is 1.50. The summed E-state index contributed by atoms with van der Waals surface area (Å²) in [4.78, 5) is 10.7. The van der Waals surface area contributed by atoms with Gasteiger partial charge in [0.25, 0.3) is 10.0 Å². The molecule has 0 aliphatic carbocycles. The van der Waals surface area contributed by atoms with Crippen LogP contribution >= 0.6 is 11.6 Å². The second-order valence-electron chi connectivity index (χ2n) is 3.92. The van der Waals surface area contributed by atoms with Crippen molar-refractivity contribution in [2.24, 2.45) is 0 Å². The molecule has 0 fully saturated rings. The number of halogens is 1. The normalized spacial score (nSPS) is 11.5. The van der Waals surface area contributed by atoms with Crippen molar-refractivity contribution >= 4 is 27.3 Å². The summed E-state index contributed by atoms with van der Waals surface area (Å²) in [6.45, 7) is 3.56. The Morgan fingerprint density at radius 3 is 2.74 bits per heavy atom. The molecule has 0 unspecified atom stereocenters. The Kier molecular flexibility index (Phi) is 3.77. The highest BCUT2D eigenvalue weighted by Gasteiger charge is 2.18. The van der Waals surface area contributed by atoms with Crippen LogP contribution in [0.3, 0.4) is 0 Å². The highest BCUT2D eigenvalue weighted by atomic mass is 35.5. The summed E-state index contributed by atoms with van der Waals surface area (Å²) >= 11 is 5.72. The molecule has 0 spiro atoms. The Balaban J connectivity index is 2.30. The highest BCUT2D eigenvalue weighted by Crippen LogP contribution is 2.19. The Morgan fingerprint density at radius 2 is 2.16 bits per heavy atom. The van der Waals surface area contributed by atoms with Gasteiger partial charge in [-0.25, -0.2) is 9.97 Å². The van der Waals surface area contributed by atoms with Crippen molar-refractivity contribution in [1.82, 2.24) is 15.0 Å². The Morgan fingerprint density at radius 1 is 1.42 bits per heavy atom. The third kappa shape index (κ3) is 3.05. The lowest BCUT2D eigenvalue weighted by atomic mass is 10.3. The van der Waals surface area contributed by atoms with E-state index in [1.807, 2.05) is 6.92 Å². The number of aromatic amines is 1. The van der Waals surface area contributed by atoms with Gasteiger partial charge in [0.05, 0.1) is 17.6 Å². The van der Waals surface area contributed by atoms with E-state index in [2.05, 4.69) is 19.7 Å². The number of rotatable bonds is 4. The molecule has 0 aliphatic rings. The average molecular weight is 301 g/mol. The zero-order valence-electron chi connectivity index (χ0n) is 10.4. The molecule has 2 heterocycles. The molecule has 0 amide bonds. The lowest BCUT2D eigenvalue weighted by Crippen LogP contribution is -2.14. The van der Waals surface area contributed by atoms with Crippen LogP contribution in [0.1, 0.15) is 18.4 Å². The first-order valence-electron chi connectivity index (χ1n) is 5.62. The van der Waals surface area contributed by atoms with Crippen molar-refractivity contribution in [2.45, 2.75) is 25.3 Å². The third-order valence-corrected chi connectivity index (χ3v) is 4.01. The molecule has 0 atom stereocenters. The van der Waals surface area contributed by atoms with Crippen LogP contribution in [0.4, 0.5) is 5.69 Å². The first kappa shape index (κ1) is 13.8. The zero-order chi connectivity index (χ0) is 14.0. The van der Waals surface area contributed by atoms with Crippen molar-refractivity contribution in [3.63, 3.8) is 0 Å². The molecule has 102 valence electrons. The smallest absolute Gasteiger partial charge is 0.279 e. The Bertz CT molecular complexity index is 696. The average Bonchev–Trinajstić information content (AvgIpc) is 2.82. The molecule has 2 N–H and O–H groups in total. The highest BCUT2D eigenvalue weighted by molar-refractivity contribution is 7.92. The largest absolute Gasteiger partial charge is 0.332 e. The van der Waals surface area contributed by atoms with E-state index in [4.69, 9.17) is 11.6 Å². The molecule has 0 saturated carbocycles. The van der Waals surface area contributed by atoms with Gasteiger partial charge in [-0.1, -0.05) is 18.5 Å². The third-order valence-electron chi connectivity index (χ3n) is 2.53. The SMILES string of the molecule is CCc1ncc(S(=O)(=O)Nc2ccc(Cl)nc2C)[nH]1. The first-order chi connectivity index (χ1) is 8.92. The van der Waals surface area contributed by atoms with Crippen molar-refractivity contribution < 1.29 is 8.42 Å². The maximum atomic E-state index is 12.1. The number of aromatic nitrogens is 3. The standard InChI is InChI=1S/C11H13ClN4O2S/c1-3-10-13-6-11(15-10)19(17,18)16-8-4-5-9(12)14-7(8)2/h4-6,16H,3H2,1-2H3,(H,13,15). The van der Waals surface area contributed by atoms with Crippen molar-refractivity contribution in [3.05, 3.63) is 35.0 Å². The predicted octanol–water partition coefficient (Wildman–Crippen LogP) is 2.13. The number of sulfonamides is 1. The van der Waals surface area contributed by atoms with E-state index < -0.39 is 10.0 Å². The quantitative estimate of drug-likeness (QED) is 0.847. The molecule has 0 saturated heterocycles. The van der Waals surface area contributed by atoms with Gasteiger partial charge in [0.2, 0.25) is 0 Å². The van der Waals surface area contributed by atoms with E-state index in [-0.39, 0.29) is 5.03 Å². The van der Waals surface area contributed by atoms with E-state index >= 15 is 0 Å². The van der Waals surface area contributed by atoms with Crippen LogP contribution < -0.4 is 4.72 Å². The minimum atomic E-state index is -3.69. The summed E-state index contributed by atoms with van der Waals surface area (Å²) in [5, 5.41) is 0.342. The molecular formula is C11H13ClN4O2S. The molecule has 19 heavy (non-hydrogen) atoms. The summed E-state index contributed by atoms with van der Waals surface area (Å²) < 4.78 is 26.7. The van der Waals surface area contributed by atoms with Gasteiger partial charge >= 0.3 is 0 Å². The summed E-state index contributed by atoms with van der Waals surface area (Å²) in [6.07, 6.45) is 1.93. The van der Waals surface area contributed by atoms with Crippen LogP contribution in [0.25, 0.3) is 0 Å². The number of pyridine rings is 1. The molecule has 6 nitrogen and oxygen atoms in total. The van der Waals surface area contributed by atoms with E-state index in [1.165, 1.54) is 12.3 Å². The molecule has 2 aromatic rings. The molecule has 2 rings (SSSR count).